The maximum atomic E-state index is 13.1. The molecule has 0 radical (unpaired) electrons. The highest BCUT2D eigenvalue weighted by Gasteiger charge is 2.13. The zero-order chi connectivity index (χ0) is 14.1. The van der Waals surface area contributed by atoms with Gasteiger partial charge in [-0.2, -0.15) is 5.10 Å². The second kappa shape index (κ2) is 5.05. The molecule has 0 aliphatic rings. The predicted octanol–water partition coefficient (Wildman–Crippen LogP) is 3.42. The van der Waals surface area contributed by atoms with Crippen molar-refractivity contribution in [3.8, 4) is 17.1 Å². The molecular weight excluding hydrogens is 323 g/mol. The molecule has 2 aromatic heterocycles. The molecule has 4 nitrogen and oxygen atoms in total. The number of hydrogen-bond acceptors (Lipinski definition) is 3. The van der Waals surface area contributed by atoms with E-state index in [1.807, 2.05) is 18.2 Å². The average molecular weight is 333 g/mol. The van der Waals surface area contributed by atoms with Gasteiger partial charge in [-0.3, -0.25) is 0 Å². The Morgan fingerprint density at radius 2 is 2.05 bits per heavy atom. The van der Waals surface area contributed by atoms with E-state index in [2.05, 4.69) is 26.0 Å². The van der Waals surface area contributed by atoms with Gasteiger partial charge in [0, 0.05) is 16.2 Å². The highest BCUT2D eigenvalue weighted by Crippen LogP contribution is 2.31. The summed E-state index contributed by atoms with van der Waals surface area (Å²) in [5, 5.41) is 4.42. The third-order valence-corrected chi connectivity index (χ3v) is 3.47. The van der Waals surface area contributed by atoms with E-state index in [9.17, 15) is 4.39 Å². The van der Waals surface area contributed by atoms with Gasteiger partial charge in [0.2, 0.25) is 0 Å². The number of nitrogens with two attached hydrogens (primary N) is 1. The molecular formula is C14H10BrFN4. The number of nitrogens with zero attached hydrogens (tertiary/aromatic N) is 3. The van der Waals surface area contributed by atoms with Crippen molar-refractivity contribution in [2.45, 2.75) is 0 Å². The molecule has 0 amide bonds. The maximum Gasteiger partial charge on any atom is 0.153 e. The molecule has 0 fully saturated rings. The predicted molar refractivity (Wildman–Crippen MR) is 78.9 cm³/mol. The van der Waals surface area contributed by atoms with Gasteiger partial charge in [-0.05, 0) is 46.3 Å². The summed E-state index contributed by atoms with van der Waals surface area (Å²) in [5.74, 6) is 0.354. The minimum Gasteiger partial charge on any atom is -0.396 e. The molecule has 3 aromatic rings. The Morgan fingerprint density at radius 3 is 2.75 bits per heavy atom. The van der Waals surface area contributed by atoms with E-state index < -0.39 is 0 Å². The number of rotatable bonds is 2. The summed E-state index contributed by atoms with van der Waals surface area (Å²) in [6.07, 6.45) is 3.37. The number of halogens is 2. The summed E-state index contributed by atoms with van der Waals surface area (Å²) in [4.78, 5) is 4.21. The molecule has 2 heterocycles. The summed E-state index contributed by atoms with van der Waals surface area (Å²) in [7, 11) is 0. The van der Waals surface area contributed by atoms with Crippen LogP contribution in [0.2, 0.25) is 0 Å². The van der Waals surface area contributed by atoms with Gasteiger partial charge in [0.25, 0.3) is 0 Å². The van der Waals surface area contributed by atoms with Crippen LogP contribution in [0, 0.1) is 5.82 Å². The van der Waals surface area contributed by atoms with Crippen LogP contribution in [0.15, 0.2) is 53.3 Å². The number of nitrogen functional groups attached to an aromatic ring is 1. The molecule has 3 rings (SSSR count). The highest BCUT2D eigenvalue weighted by atomic mass is 79.9. The van der Waals surface area contributed by atoms with E-state index in [4.69, 9.17) is 5.73 Å². The SMILES string of the molecule is Nc1cn(-c2ccccn2)nc1-c1ccc(F)cc1Br. The lowest BCUT2D eigenvalue weighted by Crippen LogP contribution is -1.97. The Bertz CT molecular complexity index is 755. The van der Waals surface area contributed by atoms with Crippen molar-refractivity contribution in [2.75, 3.05) is 5.73 Å². The quantitative estimate of drug-likeness (QED) is 0.782. The first kappa shape index (κ1) is 12.8. The number of aromatic nitrogens is 3. The van der Waals surface area contributed by atoms with Crippen LogP contribution in [0.1, 0.15) is 0 Å². The van der Waals surface area contributed by atoms with Crippen LogP contribution in [-0.2, 0) is 0 Å². The Balaban J connectivity index is 2.10. The molecule has 20 heavy (non-hydrogen) atoms. The topological polar surface area (TPSA) is 56.7 Å². The largest absolute Gasteiger partial charge is 0.396 e. The second-order valence-corrected chi connectivity index (χ2v) is 5.04. The minimum atomic E-state index is -0.316. The van der Waals surface area contributed by atoms with E-state index >= 15 is 0 Å². The molecule has 0 unspecified atom stereocenters. The first-order valence-corrected chi connectivity index (χ1v) is 6.66. The third kappa shape index (κ3) is 2.30. The zero-order valence-corrected chi connectivity index (χ0v) is 11.9. The molecule has 2 N–H and O–H groups in total. The van der Waals surface area contributed by atoms with Crippen LogP contribution in [-0.4, -0.2) is 14.8 Å². The highest BCUT2D eigenvalue weighted by molar-refractivity contribution is 9.10. The van der Waals surface area contributed by atoms with E-state index in [0.717, 1.165) is 5.56 Å². The van der Waals surface area contributed by atoms with E-state index in [-0.39, 0.29) is 5.82 Å². The fraction of sp³-hybridized carbons (Fsp3) is 0. The van der Waals surface area contributed by atoms with Crippen molar-refractivity contribution in [1.29, 1.82) is 0 Å². The van der Waals surface area contributed by atoms with Crippen molar-refractivity contribution in [3.05, 3.63) is 59.1 Å². The van der Waals surface area contributed by atoms with Gasteiger partial charge < -0.3 is 5.73 Å². The van der Waals surface area contributed by atoms with E-state index in [0.29, 0.717) is 21.7 Å². The molecule has 0 bridgehead atoms. The van der Waals surface area contributed by atoms with Gasteiger partial charge in [0.15, 0.2) is 5.82 Å². The summed E-state index contributed by atoms with van der Waals surface area (Å²) in [6.45, 7) is 0. The van der Waals surface area contributed by atoms with Crippen molar-refractivity contribution in [1.82, 2.24) is 14.8 Å². The van der Waals surface area contributed by atoms with Crippen LogP contribution in [0.4, 0.5) is 10.1 Å². The van der Waals surface area contributed by atoms with Crippen molar-refractivity contribution in [2.24, 2.45) is 0 Å². The van der Waals surface area contributed by atoms with Crippen molar-refractivity contribution < 1.29 is 4.39 Å². The number of pyridine rings is 1. The Morgan fingerprint density at radius 1 is 1.20 bits per heavy atom. The zero-order valence-electron chi connectivity index (χ0n) is 10.3. The molecule has 0 aliphatic heterocycles. The lowest BCUT2D eigenvalue weighted by Gasteiger charge is -2.02. The third-order valence-electron chi connectivity index (χ3n) is 2.81. The van der Waals surface area contributed by atoms with Gasteiger partial charge >= 0.3 is 0 Å². The fourth-order valence-corrected chi connectivity index (χ4v) is 2.42. The fourth-order valence-electron chi connectivity index (χ4n) is 1.88. The lowest BCUT2D eigenvalue weighted by molar-refractivity contribution is 0.627. The molecule has 0 atom stereocenters. The van der Waals surface area contributed by atoms with Crippen molar-refractivity contribution >= 4 is 21.6 Å². The summed E-state index contributed by atoms with van der Waals surface area (Å²) < 4.78 is 15.3. The standard InChI is InChI=1S/C14H10BrFN4/c15-11-7-9(16)4-5-10(11)14-12(17)8-20(19-14)13-3-1-2-6-18-13/h1-8H,17H2. The molecule has 0 saturated carbocycles. The Kier molecular flexibility index (Phi) is 3.23. The van der Waals surface area contributed by atoms with Gasteiger partial charge in [0.05, 0.1) is 11.9 Å². The Labute approximate surface area is 123 Å². The second-order valence-electron chi connectivity index (χ2n) is 4.19. The molecule has 0 aliphatic carbocycles. The van der Waals surface area contributed by atoms with Crippen LogP contribution in [0.25, 0.3) is 17.1 Å². The van der Waals surface area contributed by atoms with E-state index in [1.54, 1.807) is 23.1 Å². The van der Waals surface area contributed by atoms with Crippen molar-refractivity contribution in [3.63, 3.8) is 0 Å². The number of anilines is 1. The smallest absolute Gasteiger partial charge is 0.153 e. The molecule has 0 spiro atoms. The maximum absolute atomic E-state index is 13.1. The lowest BCUT2D eigenvalue weighted by atomic mass is 10.1. The monoisotopic (exact) mass is 332 g/mol. The number of hydrogen-bond donors (Lipinski definition) is 1. The van der Waals surface area contributed by atoms with E-state index in [1.165, 1.54) is 12.1 Å². The van der Waals surface area contributed by atoms with Crippen LogP contribution >= 0.6 is 15.9 Å². The average Bonchev–Trinajstić information content (AvgIpc) is 2.82. The first-order chi connectivity index (χ1) is 9.65. The molecule has 100 valence electrons. The van der Waals surface area contributed by atoms with Crippen LogP contribution in [0.5, 0.6) is 0 Å². The summed E-state index contributed by atoms with van der Waals surface area (Å²) >= 11 is 3.32. The Hall–Kier alpha value is -2.21. The molecule has 6 heteroatoms. The normalized spacial score (nSPS) is 10.7. The first-order valence-electron chi connectivity index (χ1n) is 5.87. The summed E-state index contributed by atoms with van der Waals surface area (Å²) in [6, 6.07) is 9.92. The van der Waals surface area contributed by atoms with Gasteiger partial charge in [-0.15, -0.1) is 0 Å². The number of benzene rings is 1. The molecule has 0 saturated heterocycles. The van der Waals surface area contributed by atoms with Gasteiger partial charge in [0.1, 0.15) is 11.5 Å². The van der Waals surface area contributed by atoms with Crippen LogP contribution in [0.3, 0.4) is 0 Å². The summed E-state index contributed by atoms with van der Waals surface area (Å²) in [5.41, 5.74) is 7.82. The van der Waals surface area contributed by atoms with Crippen LogP contribution < -0.4 is 5.73 Å². The minimum absolute atomic E-state index is 0.316. The molecule has 1 aromatic carbocycles. The van der Waals surface area contributed by atoms with Gasteiger partial charge in [-0.1, -0.05) is 6.07 Å². The van der Waals surface area contributed by atoms with Gasteiger partial charge in [-0.25, -0.2) is 14.1 Å².